The Hall–Kier alpha value is -2.03. The standard InChI is InChI=1S/C17H20N2O/c1-2-14-5-7-15(8-6-14)18-13-16-9-10-17(20-16)19-11-3-4-12-19/h5-10,13H,2-4,11-12H2,1H3. The number of furan rings is 1. The van der Waals surface area contributed by atoms with E-state index in [1.54, 1.807) is 6.21 Å². The predicted octanol–water partition coefficient (Wildman–Crippen LogP) is 4.19. The molecule has 2 heterocycles. The molecule has 0 unspecified atom stereocenters. The highest BCUT2D eigenvalue weighted by atomic mass is 16.4. The number of hydrogen-bond donors (Lipinski definition) is 0. The van der Waals surface area contributed by atoms with Crippen LogP contribution >= 0.6 is 0 Å². The molecule has 0 saturated carbocycles. The van der Waals surface area contributed by atoms with E-state index in [2.05, 4.69) is 28.9 Å². The van der Waals surface area contributed by atoms with Crippen LogP contribution in [0.1, 0.15) is 31.1 Å². The van der Waals surface area contributed by atoms with Gasteiger partial charge < -0.3 is 9.32 Å². The molecule has 0 N–H and O–H groups in total. The number of aryl methyl sites for hydroxylation is 1. The van der Waals surface area contributed by atoms with Gasteiger partial charge >= 0.3 is 0 Å². The highest BCUT2D eigenvalue weighted by molar-refractivity contribution is 5.79. The fourth-order valence-corrected chi connectivity index (χ4v) is 2.47. The van der Waals surface area contributed by atoms with Gasteiger partial charge in [-0.3, -0.25) is 4.99 Å². The van der Waals surface area contributed by atoms with Gasteiger partial charge in [-0.15, -0.1) is 0 Å². The van der Waals surface area contributed by atoms with Gasteiger partial charge in [-0.2, -0.15) is 0 Å². The largest absolute Gasteiger partial charge is 0.440 e. The minimum absolute atomic E-state index is 0.812. The molecule has 3 heteroatoms. The number of rotatable bonds is 4. The summed E-state index contributed by atoms with van der Waals surface area (Å²) in [6, 6.07) is 12.3. The second-order valence-corrected chi connectivity index (χ2v) is 5.15. The number of hydrogen-bond acceptors (Lipinski definition) is 3. The Kier molecular flexibility index (Phi) is 3.86. The third-order valence-corrected chi connectivity index (χ3v) is 3.72. The molecule has 1 aliphatic heterocycles. The van der Waals surface area contributed by atoms with E-state index < -0.39 is 0 Å². The van der Waals surface area contributed by atoms with Crippen LogP contribution in [0.15, 0.2) is 45.8 Å². The van der Waals surface area contributed by atoms with Crippen LogP contribution in [-0.4, -0.2) is 19.3 Å². The lowest BCUT2D eigenvalue weighted by Gasteiger charge is -2.12. The SMILES string of the molecule is CCc1ccc(N=Cc2ccc(N3CCCC3)o2)cc1. The van der Waals surface area contributed by atoms with Gasteiger partial charge in [0.15, 0.2) is 5.88 Å². The first-order valence-corrected chi connectivity index (χ1v) is 7.33. The van der Waals surface area contributed by atoms with Gasteiger partial charge in [-0.05, 0) is 43.0 Å². The molecular weight excluding hydrogens is 248 g/mol. The zero-order chi connectivity index (χ0) is 13.8. The molecule has 1 fully saturated rings. The van der Waals surface area contributed by atoms with E-state index in [4.69, 9.17) is 4.42 Å². The molecule has 0 bridgehead atoms. The van der Waals surface area contributed by atoms with E-state index in [0.29, 0.717) is 0 Å². The maximum atomic E-state index is 5.81. The Morgan fingerprint density at radius 1 is 1.10 bits per heavy atom. The minimum atomic E-state index is 0.812. The molecule has 0 amide bonds. The first kappa shape index (κ1) is 13.0. The third-order valence-electron chi connectivity index (χ3n) is 3.72. The topological polar surface area (TPSA) is 28.7 Å². The Morgan fingerprint density at radius 3 is 2.55 bits per heavy atom. The first-order valence-electron chi connectivity index (χ1n) is 7.33. The number of nitrogens with zero attached hydrogens (tertiary/aromatic N) is 2. The Labute approximate surface area is 119 Å². The van der Waals surface area contributed by atoms with Crippen LogP contribution in [0.4, 0.5) is 11.6 Å². The van der Waals surface area contributed by atoms with E-state index in [1.165, 1.54) is 18.4 Å². The Morgan fingerprint density at radius 2 is 1.85 bits per heavy atom. The lowest BCUT2D eigenvalue weighted by atomic mass is 10.1. The maximum absolute atomic E-state index is 5.81. The van der Waals surface area contributed by atoms with Crippen LogP contribution in [0, 0.1) is 0 Å². The number of benzene rings is 1. The van der Waals surface area contributed by atoms with Crippen molar-refractivity contribution in [2.75, 3.05) is 18.0 Å². The van der Waals surface area contributed by atoms with E-state index in [0.717, 1.165) is 36.8 Å². The van der Waals surface area contributed by atoms with Crippen LogP contribution < -0.4 is 4.90 Å². The average molecular weight is 268 g/mol. The molecule has 1 aliphatic rings. The lowest BCUT2D eigenvalue weighted by molar-refractivity contribution is 0.550. The normalized spacial score (nSPS) is 15.3. The van der Waals surface area contributed by atoms with Gasteiger partial charge in [-0.1, -0.05) is 19.1 Å². The molecule has 1 aromatic heterocycles. The second-order valence-electron chi connectivity index (χ2n) is 5.15. The summed E-state index contributed by atoms with van der Waals surface area (Å²) in [5.41, 5.74) is 2.29. The zero-order valence-corrected chi connectivity index (χ0v) is 11.9. The van der Waals surface area contributed by atoms with Crippen LogP contribution in [0.25, 0.3) is 0 Å². The van der Waals surface area contributed by atoms with Gasteiger partial charge in [0.2, 0.25) is 0 Å². The molecule has 0 spiro atoms. The molecule has 0 aliphatic carbocycles. The molecule has 1 saturated heterocycles. The summed E-state index contributed by atoms with van der Waals surface area (Å²) in [6.07, 6.45) is 5.36. The second kappa shape index (κ2) is 5.95. The van der Waals surface area contributed by atoms with Gasteiger partial charge in [0, 0.05) is 19.2 Å². The highest BCUT2D eigenvalue weighted by Crippen LogP contribution is 2.22. The minimum Gasteiger partial charge on any atom is -0.440 e. The van der Waals surface area contributed by atoms with Crippen LogP contribution in [0.2, 0.25) is 0 Å². The van der Waals surface area contributed by atoms with Crippen LogP contribution in [0.5, 0.6) is 0 Å². The fourth-order valence-electron chi connectivity index (χ4n) is 2.47. The van der Waals surface area contributed by atoms with E-state index in [1.807, 2.05) is 24.3 Å². The molecule has 3 nitrogen and oxygen atoms in total. The summed E-state index contributed by atoms with van der Waals surface area (Å²) in [7, 11) is 0. The summed E-state index contributed by atoms with van der Waals surface area (Å²) in [5, 5.41) is 0. The monoisotopic (exact) mass is 268 g/mol. The summed E-state index contributed by atoms with van der Waals surface area (Å²) >= 11 is 0. The molecule has 3 rings (SSSR count). The van der Waals surface area contributed by atoms with E-state index >= 15 is 0 Å². The van der Waals surface area contributed by atoms with Crippen molar-refractivity contribution in [1.29, 1.82) is 0 Å². The van der Waals surface area contributed by atoms with Crippen molar-refractivity contribution in [1.82, 2.24) is 0 Å². The quantitative estimate of drug-likeness (QED) is 0.778. The fraction of sp³-hybridized carbons (Fsp3) is 0.353. The van der Waals surface area contributed by atoms with E-state index in [9.17, 15) is 0 Å². The van der Waals surface area contributed by atoms with Crippen LogP contribution in [-0.2, 0) is 6.42 Å². The van der Waals surface area contributed by atoms with Gasteiger partial charge in [0.1, 0.15) is 5.76 Å². The van der Waals surface area contributed by atoms with Crippen molar-refractivity contribution < 1.29 is 4.42 Å². The Bertz CT molecular complexity index is 577. The van der Waals surface area contributed by atoms with Crippen molar-refractivity contribution in [3.63, 3.8) is 0 Å². The summed E-state index contributed by atoms with van der Waals surface area (Å²) in [6.45, 7) is 4.35. The molecule has 0 radical (unpaired) electrons. The average Bonchev–Trinajstić information content (AvgIpc) is 3.16. The summed E-state index contributed by atoms with van der Waals surface area (Å²) < 4.78 is 5.81. The van der Waals surface area contributed by atoms with Crippen molar-refractivity contribution in [2.24, 2.45) is 4.99 Å². The summed E-state index contributed by atoms with van der Waals surface area (Å²) in [4.78, 5) is 6.74. The molecular formula is C17H20N2O. The smallest absolute Gasteiger partial charge is 0.196 e. The molecule has 104 valence electrons. The molecule has 20 heavy (non-hydrogen) atoms. The number of aliphatic imine (C=N–C) groups is 1. The third kappa shape index (κ3) is 2.93. The first-order chi connectivity index (χ1) is 9.85. The van der Waals surface area contributed by atoms with E-state index in [-0.39, 0.29) is 0 Å². The van der Waals surface area contributed by atoms with Crippen molar-refractivity contribution in [2.45, 2.75) is 26.2 Å². The number of anilines is 1. The molecule has 0 atom stereocenters. The molecule has 1 aromatic carbocycles. The van der Waals surface area contributed by atoms with Gasteiger partial charge in [0.25, 0.3) is 0 Å². The van der Waals surface area contributed by atoms with Crippen molar-refractivity contribution in [3.05, 3.63) is 47.7 Å². The van der Waals surface area contributed by atoms with Crippen molar-refractivity contribution in [3.8, 4) is 0 Å². The zero-order valence-electron chi connectivity index (χ0n) is 11.9. The summed E-state index contributed by atoms with van der Waals surface area (Å²) in [5.74, 6) is 1.77. The lowest BCUT2D eigenvalue weighted by Crippen LogP contribution is -2.16. The van der Waals surface area contributed by atoms with Crippen LogP contribution in [0.3, 0.4) is 0 Å². The van der Waals surface area contributed by atoms with Gasteiger partial charge in [-0.25, -0.2) is 0 Å². The van der Waals surface area contributed by atoms with Crippen molar-refractivity contribution >= 4 is 17.8 Å². The maximum Gasteiger partial charge on any atom is 0.196 e. The Balaban J connectivity index is 1.68. The molecule has 2 aromatic rings. The predicted molar refractivity (Wildman–Crippen MR) is 83.2 cm³/mol. The highest BCUT2D eigenvalue weighted by Gasteiger charge is 2.14. The van der Waals surface area contributed by atoms with Gasteiger partial charge in [0.05, 0.1) is 11.9 Å².